The Kier molecular flexibility index (Phi) is 5.19. The molecule has 0 atom stereocenters. The summed E-state index contributed by atoms with van der Waals surface area (Å²) >= 11 is 1.64. The van der Waals surface area contributed by atoms with E-state index in [1.54, 1.807) is 18.3 Å². The minimum absolute atomic E-state index is 0.153. The molecule has 0 N–H and O–H groups in total. The van der Waals surface area contributed by atoms with Crippen LogP contribution in [-0.4, -0.2) is 53.1 Å². The third-order valence-electron chi connectivity index (χ3n) is 3.35. The third-order valence-corrected chi connectivity index (χ3v) is 4.35. The summed E-state index contributed by atoms with van der Waals surface area (Å²) in [6, 6.07) is 0. The molecule has 110 valence electrons. The number of carbonyl (C=O) groups is 2. The highest BCUT2D eigenvalue weighted by molar-refractivity contribution is 7.11. The highest BCUT2D eigenvalue weighted by Gasteiger charge is 2.26. The highest BCUT2D eigenvalue weighted by Crippen LogP contribution is 2.29. The molecule has 1 saturated heterocycles. The van der Waals surface area contributed by atoms with Crippen LogP contribution < -0.4 is 0 Å². The van der Waals surface area contributed by atoms with E-state index in [-0.39, 0.29) is 13.2 Å². The molecule has 1 aliphatic heterocycles. The average molecular weight is 297 g/mol. The monoisotopic (exact) mass is 297 g/mol. The largest absolute Gasteiger partial charge is 0.460 e. The lowest BCUT2D eigenvalue weighted by atomic mass is 9.97. The van der Waals surface area contributed by atoms with Crippen molar-refractivity contribution in [1.29, 1.82) is 0 Å². The van der Waals surface area contributed by atoms with Gasteiger partial charge in [0.25, 0.3) is 5.78 Å². The van der Waals surface area contributed by atoms with Gasteiger partial charge in [-0.05, 0) is 39.8 Å². The lowest BCUT2D eigenvalue weighted by Gasteiger charge is -2.29. The zero-order valence-electron chi connectivity index (χ0n) is 11.8. The molecule has 0 aliphatic carbocycles. The van der Waals surface area contributed by atoms with Crippen LogP contribution in [0.3, 0.4) is 0 Å². The smallest absolute Gasteiger partial charge is 0.375 e. The lowest BCUT2D eigenvalue weighted by molar-refractivity contribution is -0.154. The van der Waals surface area contributed by atoms with Gasteiger partial charge in [-0.25, -0.2) is 4.79 Å². The van der Waals surface area contributed by atoms with Crippen molar-refractivity contribution < 1.29 is 14.3 Å². The zero-order chi connectivity index (χ0) is 14.5. The number of carbonyl (C=O) groups excluding carboxylic acids is 2. The number of ketones is 1. The van der Waals surface area contributed by atoms with Crippen molar-refractivity contribution in [3.8, 4) is 0 Å². The number of esters is 1. The Morgan fingerprint density at radius 2 is 2.05 bits per heavy atom. The Bertz CT molecular complexity index is 481. The first-order valence-corrected chi connectivity index (χ1v) is 7.64. The van der Waals surface area contributed by atoms with Crippen LogP contribution in [0.25, 0.3) is 0 Å². The SMILES string of the molecule is CCOC(=O)C(=O)CN1CCC(c2nnc(C)s2)CC1. The van der Waals surface area contributed by atoms with Crippen molar-refractivity contribution >= 4 is 23.1 Å². The standard InChI is InChI=1S/C13H19N3O3S/c1-3-19-13(18)11(17)8-16-6-4-10(5-7-16)12-15-14-9(2)20-12/h10H,3-8H2,1-2H3. The molecular formula is C13H19N3O3S. The topological polar surface area (TPSA) is 72.4 Å². The van der Waals surface area contributed by atoms with E-state index < -0.39 is 11.8 Å². The average Bonchev–Trinajstić information content (AvgIpc) is 2.86. The Morgan fingerprint density at radius 1 is 1.35 bits per heavy atom. The van der Waals surface area contributed by atoms with Gasteiger partial charge in [-0.3, -0.25) is 9.69 Å². The van der Waals surface area contributed by atoms with Crippen LogP contribution in [0.1, 0.15) is 35.7 Å². The van der Waals surface area contributed by atoms with Gasteiger partial charge in [0.2, 0.25) is 0 Å². The third kappa shape index (κ3) is 3.83. The fourth-order valence-corrected chi connectivity index (χ4v) is 3.16. The molecule has 0 amide bonds. The predicted molar refractivity (Wildman–Crippen MR) is 74.7 cm³/mol. The summed E-state index contributed by atoms with van der Waals surface area (Å²) in [4.78, 5) is 24.9. The second kappa shape index (κ2) is 6.90. The van der Waals surface area contributed by atoms with E-state index in [9.17, 15) is 9.59 Å². The van der Waals surface area contributed by atoms with E-state index >= 15 is 0 Å². The minimum Gasteiger partial charge on any atom is -0.460 e. The molecule has 0 spiro atoms. The first-order valence-electron chi connectivity index (χ1n) is 6.82. The Hall–Kier alpha value is -1.34. The van der Waals surface area contributed by atoms with E-state index in [0.717, 1.165) is 35.9 Å². The summed E-state index contributed by atoms with van der Waals surface area (Å²) in [6.07, 6.45) is 1.90. The molecule has 1 aromatic rings. The van der Waals surface area contributed by atoms with Crippen LogP contribution >= 0.6 is 11.3 Å². The van der Waals surface area contributed by atoms with Gasteiger partial charge in [0.05, 0.1) is 13.2 Å². The summed E-state index contributed by atoms with van der Waals surface area (Å²) in [6.45, 7) is 5.64. The molecule has 0 saturated carbocycles. The van der Waals surface area contributed by atoms with Gasteiger partial charge in [-0.1, -0.05) is 0 Å². The van der Waals surface area contributed by atoms with E-state index in [1.165, 1.54) is 0 Å². The predicted octanol–water partition coefficient (Wildman–Crippen LogP) is 1.16. The summed E-state index contributed by atoms with van der Waals surface area (Å²) in [5.74, 6) is -0.762. The second-order valence-electron chi connectivity index (χ2n) is 4.85. The Morgan fingerprint density at radius 3 is 2.60 bits per heavy atom. The minimum atomic E-state index is -0.727. The Labute approximate surface area is 122 Å². The first kappa shape index (κ1) is 15.1. The number of ether oxygens (including phenoxy) is 1. The van der Waals surface area contributed by atoms with Crippen LogP contribution in [0.5, 0.6) is 0 Å². The molecule has 0 bridgehead atoms. The molecule has 20 heavy (non-hydrogen) atoms. The van der Waals surface area contributed by atoms with Gasteiger partial charge in [0, 0.05) is 5.92 Å². The molecule has 1 fully saturated rings. The maximum atomic E-state index is 11.6. The molecule has 1 aliphatic rings. The Balaban J connectivity index is 1.79. The number of nitrogens with zero attached hydrogens (tertiary/aromatic N) is 3. The summed E-state index contributed by atoms with van der Waals surface area (Å²) in [5, 5.41) is 10.3. The molecule has 2 heterocycles. The van der Waals surface area contributed by atoms with Crippen LogP contribution in [0.2, 0.25) is 0 Å². The highest BCUT2D eigenvalue weighted by atomic mass is 32.1. The summed E-state index contributed by atoms with van der Waals surface area (Å²) in [7, 11) is 0. The number of piperidine rings is 1. The molecule has 0 aromatic carbocycles. The van der Waals surface area contributed by atoms with Crippen LogP contribution in [-0.2, 0) is 14.3 Å². The maximum Gasteiger partial charge on any atom is 0.375 e. The molecule has 6 nitrogen and oxygen atoms in total. The molecule has 0 unspecified atom stereocenters. The van der Waals surface area contributed by atoms with E-state index in [2.05, 4.69) is 10.2 Å². The van der Waals surface area contributed by atoms with Crippen molar-refractivity contribution in [2.75, 3.05) is 26.2 Å². The summed E-state index contributed by atoms with van der Waals surface area (Å²) in [5.41, 5.74) is 0. The number of hydrogen-bond donors (Lipinski definition) is 0. The van der Waals surface area contributed by atoms with Crippen LogP contribution in [0.15, 0.2) is 0 Å². The van der Waals surface area contributed by atoms with Gasteiger partial charge in [-0.15, -0.1) is 21.5 Å². The fraction of sp³-hybridized carbons (Fsp3) is 0.692. The van der Waals surface area contributed by atoms with Crippen molar-refractivity contribution in [2.45, 2.75) is 32.6 Å². The van der Waals surface area contributed by atoms with Crippen molar-refractivity contribution in [3.63, 3.8) is 0 Å². The van der Waals surface area contributed by atoms with Gasteiger partial charge in [-0.2, -0.15) is 0 Å². The molecule has 7 heteroatoms. The lowest BCUT2D eigenvalue weighted by Crippen LogP contribution is -2.39. The molecule has 1 aromatic heterocycles. The van der Waals surface area contributed by atoms with Crippen molar-refractivity contribution in [3.05, 3.63) is 10.0 Å². The van der Waals surface area contributed by atoms with E-state index in [0.29, 0.717) is 5.92 Å². The van der Waals surface area contributed by atoms with E-state index in [4.69, 9.17) is 4.74 Å². The maximum absolute atomic E-state index is 11.6. The van der Waals surface area contributed by atoms with Gasteiger partial charge < -0.3 is 4.74 Å². The van der Waals surface area contributed by atoms with Gasteiger partial charge >= 0.3 is 5.97 Å². The van der Waals surface area contributed by atoms with E-state index in [1.807, 2.05) is 11.8 Å². The normalized spacial score (nSPS) is 17.1. The number of hydrogen-bond acceptors (Lipinski definition) is 7. The number of rotatable bonds is 5. The quantitative estimate of drug-likeness (QED) is 0.600. The fourth-order valence-electron chi connectivity index (χ4n) is 2.29. The molecule has 0 radical (unpaired) electrons. The zero-order valence-corrected chi connectivity index (χ0v) is 12.6. The van der Waals surface area contributed by atoms with Crippen molar-refractivity contribution in [1.82, 2.24) is 15.1 Å². The first-order chi connectivity index (χ1) is 9.60. The van der Waals surface area contributed by atoms with Gasteiger partial charge in [0.1, 0.15) is 10.0 Å². The van der Waals surface area contributed by atoms with Crippen LogP contribution in [0, 0.1) is 6.92 Å². The number of likely N-dealkylation sites (tertiary alicyclic amines) is 1. The number of aryl methyl sites for hydroxylation is 1. The number of Topliss-reactive ketones (excluding diaryl/α,β-unsaturated/α-hetero) is 1. The molecule has 2 rings (SSSR count). The summed E-state index contributed by atoms with van der Waals surface area (Å²) < 4.78 is 4.71. The van der Waals surface area contributed by atoms with Gasteiger partial charge in [0.15, 0.2) is 0 Å². The molecular weight excluding hydrogens is 278 g/mol. The van der Waals surface area contributed by atoms with Crippen LogP contribution in [0.4, 0.5) is 0 Å². The number of aromatic nitrogens is 2. The van der Waals surface area contributed by atoms with Crippen molar-refractivity contribution in [2.24, 2.45) is 0 Å². The second-order valence-corrected chi connectivity index (χ2v) is 6.07.